The van der Waals surface area contributed by atoms with Gasteiger partial charge in [0.1, 0.15) is 5.75 Å². The molecule has 2 aliphatic rings. The second-order valence-corrected chi connectivity index (χ2v) is 8.92. The molecule has 4 rings (SSSR count). The summed E-state index contributed by atoms with van der Waals surface area (Å²) in [5.74, 6) is 0.910. The van der Waals surface area contributed by atoms with Gasteiger partial charge < -0.3 is 19.9 Å². The van der Waals surface area contributed by atoms with Crippen LogP contribution in [-0.4, -0.2) is 50.2 Å². The lowest BCUT2D eigenvalue weighted by Crippen LogP contribution is -2.61. The van der Waals surface area contributed by atoms with Crippen LogP contribution in [0.5, 0.6) is 5.75 Å². The van der Waals surface area contributed by atoms with E-state index in [9.17, 15) is 14.9 Å². The van der Waals surface area contributed by atoms with Crippen LogP contribution >= 0.6 is 0 Å². The third-order valence-corrected chi connectivity index (χ3v) is 6.37. The summed E-state index contributed by atoms with van der Waals surface area (Å²) >= 11 is 0. The second kappa shape index (κ2) is 9.06. The van der Waals surface area contributed by atoms with E-state index in [0.717, 1.165) is 35.8 Å². The van der Waals surface area contributed by atoms with E-state index in [0.29, 0.717) is 25.4 Å². The van der Waals surface area contributed by atoms with Crippen molar-refractivity contribution in [2.24, 2.45) is 11.8 Å². The number of nitrogens with zero attached hydrogens (tertiary/aromatic N) is 3. The number of hydrogen-bond donors (Lipinski definition) is 1. The summed E-state index contributed by atoms with van der Waals surface area (Å²) in [6, 6.07) is 13.0. The maximum absolute atomic E-state index is 13.2. The number of nitro groups is 1. The third kappa shape index (κ3) is 4.35. The van der Waals surface area contributed by atoms with Crippen molar-refractivity contribution < 1.29 is 14.5 Å². The SMILES string of the molecule is COc1ccc(N2CCN3c4ccc([N+](=O)[O-])cc4C[C@@H](C(=O)NCC(C)C)[C@H]3C2)cc1. The molecular formula is C24H30N4O4. The Labute approximate surface area is 188 Å². The van der Waals surface area contributed by atoms with E-state index in [1.165, 1.54) is 0 Å². The van der Waals surface area contributed by atoms with Crippen LogP contribution in [-0.2, 0) is 11.2 Å². The van der Waals surface area contributed by atoms with Crippen LogP contribution in [0, 0.1) is 22.0 Å². The molecule has 0 unspecified atom stereocenters. The number of nitro benzene ring substituents is 1. The molecule has 2 aliphatic heterocycles. The Morgan fingerprint density at radius 1 is 1.22 bits per heavy atom. The number of ether oxygens (including phenoxy) is 1. The smallest absolute Gasteiger partial charge is 0.269 e. The van der Waals surface area contributed by atoms with Crippen LogP contribution in [0.1, 0.15) is 19.4 Å². The number of nitrogens with one attached hydrogen (secondary N) is 1. The largest absolute Gasteiger partial charge is 0.497 e. The molecule has 8 heteroatoms. The molecule has 1 saturated heterocycles. The van der Waals surface area contributed by atoms with Gasteiger partial charge in [0.2, 0.25) is 5.91 Å². The minimum absolute atomic E-state index is 0.00744. The number of piperazine rings is 1. The van der Waals surface area contributed by atoms with E-state index in [2.05, 4.69) is 29.0 Å². The number of benzene rings is 2. The molecular weight excluding hydrogens is 408 g/mol. The summed E-state index contributed by atoms with van der Waals surface area (Å²) in [4.78, 5) is 28.7. The number of fused-ring (bicyclic) bond motifs is 3. The monoisotopic (exact) mass is 438 g/mol. The van der Waals surface area contributed by atoms with Crippen molar-refractivity contribution in [2.45, 2.75) is 26.3 Å². The number of amides is 1. The molecule has 0 bridgehead atoms. The zero-order valence-corrected chi connectivity index (χ0v) is 18.8. The van der Waals surface area contributed by atoms with Gasteiger partial charge in [0.05, 0.1) is 24.0 Å². The zero-order valence-electron chi connectivity index (χ0n) is 18.8. The van der Waals surface area contributed by atoms with Crippen molar-refractivity contribution in [3.63, 3.8) is 0 Å². The maximum Gasteiger partial charge on any atom is 0.269 e. The maximum atomic E-state index is 13.2. The lowest BCUT2D eigenvalue weighted by Gasteiger charge is -2.49. The Balaban J connectivity index is 1.63. The van der Waals surface area contributed by atoms with Crippen LogP contribution in [0.4, 0.5) is 17.1 Å². The van der Waals surface area contributed by atoms with Crippen LogP contribution in [0.15, 0.2) is 42.5 Å². The highest BCUT2D eigenvalue weighted by Gasteiger charge is 2.42. The molecule has 1 N–H and O–H groups in total. The zero-order chi connectivity index (χ0) is 22.8. The summed E-state index contributed by atoms with van der Waals surface area (Å²) in [6.45, 7) is 7.01. The fourth-order valence-electron chi connectivity index (χ4n) is 4.69. The van der Waals surface area contributed by atoms with Gasteiger partial charge in [0.15, 0.2) is 0 Å². The number of hydrogen-bond acceptors (Lipinski definition) is 6. The molecule has 8 nitrogen and oxygen atoms in total. The van der Waals surface area contributed by atoms with E-state index >= 15 is 0 Å². The minimum atomic E-state index is -0.373. The predicted molar refractivity (Wildman–Crippen MR) is 124 cm³/mol. The highest BCUT2D eigenvalue weighted by atomic mass is 16.6. The van der Waals surface area contributed by atoms with E-state index < -0.39 is 0 Å². The van der Waals surface area contributed by atoms with Crippen LogP contribution in [0.3, 0.4) is 0 Å². The molecule has 2 aromatic rings. The molecule has 0 aliphatic carbocycles. The van der Waals surface area contributed by atoms with E-state index in [1.807, 2.05) is 30.3 Å². The molecule has 0 spiro atoms. The van der Waals surface area contributed by atoms with Gasteiger partial charge in [0, 0.05) is 49.7 Å². The summed E-state index contributed by atoms with van der Waals surface area (Å²) < 4.78 is 5.27. The predicted octanol–water partition coefficient (Wildman–Crippen LogP) is 3.24. The molecule has 170 valence electrons. The average Bonchev–Trinajstić information content (AvgIpc) is 2.81. The second-order valence-electron chi connectivity index (χ2n) is 8.92. The Kier molecular flexibility index (Phi) is 6.21. The van der Waals surface area contributed by atoms with Crippen LogP contribution in [0.25, 0.3) is 0 Å². The molecule has 0 saturated carbocycles. The van der Waals surface area contributed by atoms with Crippen LogP contribution < -0.4 is 19.9 Å². The highest BCUT2D eigenvalue weighted by molar-refractivity contribution is 5.82. The lowest BCUT2D eigenvalue weighted by molar-refractivity contribution is -0.384. The number of rotatable bonds is 6. The first kappa shape index (κ1) is 21.9. The first-order valence-corrected chi connectivity index (χ1v) is 11.1. The van der Waals surface area contributed by atoms with Crippen molar-refractivity contribution in [1.82, 2.24) is 5.32 Å². The van der Waals surface area contributed by atoms with Gasteiger partial charge in [-0.05, 0) is 48.2 Å². The number of anilines is 2. The van der Waals surface area contributed by atoms with Crippen LogP contribution in [0.2, 0.25) is 0 Å². The van der Waals surface area contributed by atoms with Gasteiger partial charge in [-0.2, -0.15) is 0 Å². The summed E-state index contributed by atoms with van der Waals surface area (Å²) in [5, 5.41) is 14.4. The lowest BCUT2D eigenvalue weighted by atomic mass is 9.83. The highest BCUT2D eigenvalue weighted by Crippen LogP contribution is 2.38. The Bertz CT molecular complexity index is 992. The molecule has 2 aromatic carbocycles. The first-order valence-electron chi connectivity index (χ1n) is 11.1. The summed E-state index contributed by atoms with van der Waals surface area (Å²) in [5.41, 5.74) is 3.04. The van der Waals surface area contributed by atoms with E-state index in [1.54, 1.807) is 19.2 Å². The Morgan fingerprint density at radius 2 is 1.97 bits per heavy atom. The van der Waals surface area contributed by atoms with E-state index in [-0.39, 0.29) is 28.5 Å². The van der Waals surface area contributed by atoms with Crippen molar-refractivity contribution in [3.8, 4) is 5.75 Å². The quantitative estimate of drug-likeness (QED) is 0.550. The van der Waals surface area contributed by atoms with Crippen molar-refractivity contribution in [3.05, 3.63) is 58.1 Å². The molecule has 2 heterocycles. The number of carbonyl (C=O) groups excluding carboxylic acids is 1. The molecule has 2 atom stereocenters. The average molecular weight is 439 g/mol. The van der Waals surface area contributed by atoms with Crippen molar-refractivity contribution in [1.29, 1.82) is 0 Å². The molecule has 1 fully saturated rings. The van der Waals surface area contributed by atoms with Gasteiger partial charge in [-0.3, -0.25) is 14.9 Å². The molecule has 32 heavy (non-hydrogen) atoms. The normalized spacial score (nSPS) is 19.9. The minimum Gasteiger partial charge on any atom is -0.497 e. The molecule has 0 radical (unpaired) electrons. The fourth-order valence-corrected chi connectivity index (χ4v) is 4.69. The van der Waals surface area contributed by atoms with Gasteiger partial charge in [-0.25, -0.2) is 0 Å². The standard InChI is InChI=1S/C24H30N4O4/c1-16(2)14-25-24(29)21-13-17-12-19(28(30)31)6-9-22(17)27-11-10-26(15-23(21)27)18-4-7-20(32-3)8-5-18/h4-9,12,16,21,23H,10-11,13-15H2,1-3H3,(H,25,29)/t21-,23-/m1/s1. The van der Waals surface area contributed by atoms with Crippen molar-refractivity contribution >= 4 is 23.0 Å². The molecule has 0 aromatic heterocycles. The van der Waals surface area contributed by atoms with Gasteiger partial charge in [-0.15, -0.1) is 0 Å². The third-order valence-electron chi connectivity index (χ3n) is 6.37. The van der Waals surface area contributed by atoms with Gasteiger partial charge >= 0.3 is 0 Å². The molecule has 1 amide bonds. The summed E-state index contributed by atoms with van der Waals surface area (Å²) in [6.07, 6.45) is 0.499. The first-order chi connectivity index (χ1) is 15.4. The number of carbonyl (C=O) groups is 1. The Hall–Kier alpha value is -3.29. The topological polar surface area (TPSA) is 87.9 Å². The fraction of sp³-hybridized carbons (Fsp3) is 0.458. The summed E-state index contributed by atoms with van der Waals surface area (Å²) in [7, 11) is 1.65. The van der Waals surface area contributed by atoms with Gasteiger partial charge in [0.25, 0.3) is 5.69 Å². The Morgan fingerprint density at radius 3 is 2.62 bits per heavy atom. The number of methoxy groups -OCH3 is 1. The van der Waals surface area contributed by atoms with Gasteiger partial charge in [-0.1, -0.05) is 13.8 Å². The van der Waals surface area contributed by atoms with E-state index in [4.69, 9.17) is 4.74 Å². The van der Waals surface area contributed by atoms with Crippen molar-refractivity contribution in [2.75, 3.05) is 43.1 Å². The number of non-ortho nitro benzene ring substituents is 1.